The van der Waals surface area contributed by atoms with E-state index in [9.17, 15) is 9.59 Å². The fourth-order valence-electron chi connectivity index (χ4n) is 2.87. The van der Waals surface area contributed by atoms with Crippen molar-refractivity contribution in [1.29, 1.82) is 0 Å². The second-order valence-electron chi connectivity index (χ2n) is 6.64. The standard InChI is InChI=1S/C22H23N3O4/c1-4-28-22(27)17-11-24-18-8-7-15(10-16(18)21(17)23)25-20(26)12-29-19-9-13(2)5-6-14(19)3/h5-11H,4,12H2,1-3H3,(H2,23,24)(H,25,26). The second kappa shape index (κ2) is 8.60. The van der Waals surface area contributed by atoms with Crippen LogP contribution in [0.5, 0.6) is 5.75 Å². The van der Waals surface area contributed by atoms with E-state index in [-0.39, 0.29) is 30.4 Å². The molecule has 1 amide bonds. The minimum atomic E-state index is -0.532. The number of aryl methyl sites for hydroxylation is 2. The zero-order valence-electron chi connectivity index (χ0n) is 16.6. The lowest BCUT2D eigenvalue weighted by Gasteiger charge is -2.12. The molecule has 3 rings (SSSR count). The number of nitrogen functional groups attached to an aromatic ring is 1. The van der Waals surface area contributed by atoms with Crippen LogP contribution in [0.2, 0.25) is 0 Å². The number of anilines is 2. The summed E-state index contributed by atoms with van der Waals surface area (Å²) < 4.78 is 10.6. The van der Waals surface area contributed by atoms with Crippen molar-refractivity contribution in [3.8, 4) is 5.75 Å². The van der Waals surface area contributed by atoms with Gasteiger partial charge >= 0.3 is 5.97 Å². The summed E-state index contributed by atoms with van der Waals surface area (Å²) in [6.45, 7) is 5.72. The van der Waals surface area contributed by atoms with Gasteiger partial charge in [0, 0.05) is 17.3 Å². The summed E-state index contributed by atoms with van der Waals surface area (Å²) in [5, 5.41) is 3.34. The maximum atomic E-state index is 12.3. The van der Waals surface area contributed by atoms with E-state index in [1.165, 1.54) is 6.20 Å². The van der Waals surface area contributed by atoms with E-state index >= 15 is 0 Å². The van der Waals surface area contributed by atoms with E-state index in [0.29, 0.717) is 22.3 Å². The minimum absolute atomic E-state index is 0.126. The molecule has 0 aliphatic heterocycles. The van der Waals surface area contributed by atoms with Crippen LogP contribution in [0.4, 0.5) is 11.4 Å². The molecule has 3 N–H and O–H groups in total. The van der Waals surface area contributed by atoms with Gasteiger partial charge < -0.3 is 20.5 Å². The fourth-order valence-corrected chi connectivity index (χ4v) is 2.87. The Morgan fingerprint density at radius 2 is 1.93 bits per heavy atom. The van der Waals surface area contributed by atoms with Crippen LogP contribution in [0.25, 0.3) is 10.9 Å². The molecule has 0 radical (unpaired) electrons. The predicted octanol–water partition coefficient (Wildman–Crippen LogP) is 3.63. The van der Waals surface area contributed by atoms with Crippen molar-refractivity contribution < 1.29 is 19.1 Å². The topological polar surface area (TPSA) is 104 Å². The average Bonchev–Trinajstić information content (AvgIpc) is 2.69. The first kappa shape index (κ1) is 20.1. The number of carbonyl (C=O) groups is 2. The molecule has 0 saturated carbocycles. The third kappa shape index (κ3) is 4.63. The number of fused-ring (bicyclic) bond motifs is 1. The lowest BCUT2D eigenvalue weighted by Crippen LogP contribution is -2.20. The summed E-state index contributed by atoms with van der Waals surface area (Å²) in [5.41, 5.74) is 9.75. The molecule has 29 heavy (non-hydrogen) atoms. The lowest BCUT2D eigenvalue weighted by atomic mass is 10.1. The van der Waals surface area contributed by atoms with E-state index in [1.54, 1.807) is 25.1 Å². The Balaban J connectivity index is 1.75. The molecule has 1 heterocycles. The first-order chi connectivity index (χ1) is 13.9. The monoisotopic (exact) mass is 393 g/mol. The molecular formula is C22H23N3O4. The fraction of sp³-hybridized carbons (Fsp3) is 0.227. The highest BCUT2D eigenvalue weighted by Gasteiger charge is 2.15. The number of amides is 1. The van der Waals surface area contributed by atoms with Gasteiger partial charge in [0.05, 0.1) is 17.8 Å². The molecular weight excluding hydrogens is 370 g/mol. The Morgan fingerprint density at radius 1 is 1.14 bits per heavy atom. The molecule has 3 aromatic rings. The van der Waals surface area contributed by atoms with Gasteiger partial charge in [0.15, 0.2) is 6.61 Å². The Bertz CT molecular complexity index is 1080. The number of aromatic nitrogens is 1. The summed E-state index contributed by atoms with van der Waals surface area (Å²) in [6, 6.07) is 10.9. The zero-order valence-corrected chi connectivity index (χ0v) is 16.6. The molecule has 0 atom stereocenters. The SMILES string of the molecule is CCOC(=O)c1cnc2ccc(NC(=O)COc3cc(C)ccc3C)cc2c1N. The minimum Gasteiger partial charge on any atom is -0.483 e. The Labute approximate surface area is 168 Å². The van der Waals surface area contributed by atoms with Crippen molar-refractivity contribution in [2.75, 3.05) is 24.3 Å². The van der Waals surface area contributed by atoms with Crippen LogP contribution in [0.3, 0.4) is 0 Å². The number of rotatable bonds is 6. The van der Waals surface area contributed by atoms with Gasteiger partial charge in [-0.25, -0.2) is 4.79 Å². The normalized spacial score (nSPS) is 10.6. The third-order valence-corrected chi connectivity index (χ3v) is 4.39. The van der Waals surface area contributed by atoms with E-state index < -0.39 is 5.97 Å². The molecule has 0 aliphatic carbocycles. The number of ether oxygens (including phenoxy) is 2. The first-order valence-electron chi connectivity index (χ1n) is 9.24. The number of hydrogen-bond acceptors (Lipinski definition) is 6. The lowest BCUT2D eigenvalue weighted by molar-refractivity contribution is -0.118. The zero-order chi connectivity index (χ0) is 21.0. The van der Waals surface area contributed by atoms with Crippen LogP contribution in [0.15, 0.2) is 42.6 Å². The van der Waals surface area contributed by atoms with Crippen molar-refractivity contribution >= 4 is 34.2 Å². The number of nitrogens with one attached hydrogen (secondary N) is 1. The molecule has 7 nitrogen and oxygen atoms in total. The summed E-state index contributed by atoms with van der Waals surface area (Å²) in [6.07, 6.45) is 1.39. The maximum Gasteiger partial charge on any atom is 0.341 e. The van der Waals surface area contributed by atoms with Crippen LogP contribution in [0, 0.1) is 13.8 Å². The molecule has 1 aromatic heterocycles. The molecule has 0 spiro atoms. The number of benzene rings is 2. The average molecular weight is 393 g/mol. The van der Waals surface area contributed by atoms with Crippen LogP contribution >= 0.6 is 0 Å². The maximum absolute atomic E-state index is 12.3. The molecule has 0 aliphatic rings. The van der Waals surface area contributed by atoms with E-state index in [1.807, 2.05) is 32.0 Å². The van der Waals surface area contributed by atoms with Crippen molar-refractivity contribution in [1.82, 2.24) is 4.98 Å². The highest BCUT2D eigenvalue weighted by molar-refractivity contribution is 6.05. The van der Waals surface area contributed by atoms with E-state index in [4.69, 9.17) is 15.2 Å². The molecule has 2 aromatic carbocycles. The molecule has 0 bridgehead atoms. The number of nitrogens with two attached hydrogens (primary N) is 1. The molecule has 0 saturated heterocycles. The summed E-state index contributed by atoms with van der Waals surface area (Å²) >= 11 is 0. The number of carbonyl (C=O) groups excluding carboxylic acids is 2. The highest BCUT2D eigenvalue weighted by atomic mass is 16.5. The highest BCUT2D eigenvalue weighted by Crippen LogP contribution is 2.26. The Morgan fingerprint density at radius 3 is 2.69 bits per heavy atom. The van der Waals surface area contributed by atoms with Gasteiger partial charge in [-0.15, -0.1) is 0 Å². The molecule has 7 heteroatoms. The molecule has 150 valence electrons. The first-order valence-corrected chi connectivity index (χ1v) is 9.24. The van der Waals surface area contributed by atoms with Crippen molar-refractivity contribution in [2.24, 2.45) is 0 Å². The molecule has 0 unspecified atom stereocenters. The smallest absolute Gasteiger partial charge is 0.341 e. The van der Waals surface area contributed by atoms with Gasteiger partial charge in [0.1, 0.15) is 11.3 Å². The number of pyridine rings is 1. The van der Waals surface area contributed by atoms with E-state index in [0.717, 1.165) is 11.1 Å². The summed E-state index contributed by atoms with van der Waals surface area (Å²) in [7, 11) is 0. The number of nitrogens with zero attached hydrogens (tertiary/aromatic N) is 1. The Hall–Kier alpha value is -3.61. The molecule has 0 fully saturated rings. The van der Waals surface area contributed by atoms with Gasteiger partial charge in [-0.05, 0) is 56.2 Å². The second-order valence-corrected chi connectivity index (χ2v) is 6.64. The van der Waals surface area contributed by atoms with Crippen LogP contribution in [-0.4, -0.2) is 30.1 Å². The van der Waals surface area contributed by atoms with Crippen molar-refractivity contribution in [2.45, 2.75) is 20.8 Å². The van der Waals surface area contributed by atoms with Gasteiger partial charge in [-0.3, -0.25) is 9.78 Å². The van der Waals surface area contributed by atoms with Crippen molar-refractivity contribution in [3.63, 3.8) is 0 Å². The van der Waals surface area contributed by atoms with Gasteiger partial charge in [-0.2, -0.15) is 0 Å². The van der Waals surface area contributed by atoms with E-state index in [2.05, 4.69) is 10.3 Å². The van der Waals surface area contributed by atoms with Crippen LogP contribution < -0.4 is 15.8 Å². The summed E-state index contributed by atoms with van der Waals surface area (Å²) in [4.78, 5) is 28.6. The number of hydrogen-bond donors (Lipinski definition) is 2. The largest absolute Gasteiger partial charge is 0.483 e. The third-order valence-electron chi connectivity index (χ3n) is 4.39. The number of esters is 1. The quantitative estimate of drug-likeness (QED) is 0.620. The summed E-state index contributed by atoms with van der Waals surface area (Å²) in [5.74, 6) is -0.166. The van der Waals surface area contributed by atoms with Crippen molar-refractivity contribution in [3.05, 3.63) is 59.3 Å². The van der Waals surface area contributed by atoms with Gasteiger partial charge in [0.2, 0.25) is 0 Å². The Kier molecular flexibility index (Phi) is 5.97. The van der Waals surface area contributed by atoms with Crippen LogP contribution in [-0.2, 0) is 9.53 Å². The van der Waals surface area contributed by atoms with Crippen LogP contribution in [0.1, 0.15) is 28.4 Å². The van der Waals surface area contributed by atoms with Gasteiger partial charge in [0.25, 0.3) is 5.91 Å². The van der Waals surface area contributed by atoms with Gasteiger partial charge in [-0.1, -0.05) is 12.1 Å². The predicted molar refractivity (Wildman–Crippen MR) is 112 cm³/mol.